The van der Waals surface area contributed by atoms with Crippen LogP contribution in [-0.2, 0) is 10.0 Å². The Morgan fingerprint density at radius 2 is 2.14 bits per heavy atom. The predicted molar refractivity (Wildman–Crippen MR) is 80.5 cm³/mol. The Morgan fingerprint density at radius 1 is 1.43 bits per heavy atom. The molecule has 0 bridgehead atoms. The Kier molecular flexibility index (Phi) is 4.65. The number of benzene rings is 1. The molecule has 1 atom stereocenters. The number of hydrogen-bond acceptors (Lipinski definition) is 4. The van der Waals surface area contributed by atoms with E-state index in [4.69, 9.17) is 5.14 Å². The highest BCUT2D eigenvalue weighted by molar-refractivity contribution is 7.89. The minimum atomic E-state index is -3.82. The number of rotatable bonds is 3. The highest BCUT2D eigenvalue weighted by atomic mass is 32.2. The van der Waals surface area contributed by atoms with Crippen LogP contribution in [0.4, 0.5) is 0 Å². The summed E-state index contributed by atoms with van der Waals surface area (Å²) in [4.78, 5) is 14.3. The monoisotopic (exact) mass is 311 g/mol. The highest BCUT2D eigenvalue weighted by Gasteiger charge is 2.24. The number of carbonyl (C=O) groups excluding carboxylic acids is 1. The molecule has 1 saturated heterocycles. The van der Waals surface area contributed by atoms with Gasteiger partial charge in [-0.15, -0.1) is 0 Å². The number of aryl methyl sites for hydroxylation is 1. The zero-order chi connectivity index (χ0) is 15.6. The molecule has 0 aliphatic carbocycles. The van der Waals surface area contributed by atoms with Crippen LogP contribution in [0.15, 0.2) is 23.1 Å². The minimum absolute atomic E-state index is 0.00975. The van der Waals surface area contributed by atoms with Crippen molar-refractivity contribution in [2.45, 2.75) is 30.7 Å². The molecule has 6 nitrogen and oxygen atoms in total. The third-order valence-corrected chi connectivity index (χ3v) is 4.91. The summed E-state index contributed by atoms with van der Waals surface area (Å²) in [6.07, 6.45) is 1.97. The SMILES string of the molecule is CNC1CCCN(C(=O)c2ccc(C)c(S(N)(=O)=O)c2)C1. The molecule has 116 valence electrons. The van der Waals surface area contributed by atoms with Crippen molar-refractivity contribution in [2.75, 3.05) is 20.1 Å². The van der Waals surface area contributed by atoms with Gasteiger partial charge in [0, 0.05) is 24.7 Å². The van der Waals surface area contributed by atoms with Gasteiger partial charge in [0.2, 0.25) is 10.0 Å². The summed E-state index contributed by atoms with van der Waals surface area (Å²) in [5.41, 5.74) is 0.905. The van der Waals surface area contributed by atoms with Crippen molar-refractivity contribution in [2.24, 2.45) is 5.14 Å². The first-order valence-electron chi connectivity index (χ1n) is 6.93. The second-order valence-corrected chi connectivity index (χ2v) is 6.93. The van der Waals surface area contributed by atoms with Crippen molar-refractivity contribution in [3.63, 3.8) is 0 Å². The lowest BCUT2D eigenvalue weighted by molar-refractivity contribution is 0.0698. The van der Waals surface area contributed by atoms with Crippen LogP contribution in [0, 0.1) is 6.92 Å². The average molecular weight is 311 g/mol. The highest BCUT2D eigenvalue weighted by Crippen LogP contribution is 2.19. The van der Waals surface area contributed by atoms with Crippen molar-refractivity contribution in [3.05, 3.63) is 29.3 Å². The normalized spacial score (nSPS) is 19.6. The number of likely N-dealkylation sites (tertiary alicyclic amines) is 1. The topological polar surface area (TPSA) is 92.5 Å². The van der Waals surface area contributed by atoms with E-state index in [0.29, 0.717) is 24.2 Å². The molecule has 1 aliphatic rings. The lowest BCUT2D eigenvalue weighted by Gasteiger charge is -2.32. The van der Waals surface area contributed by atoms with Crippen molar-refractivity contribution < 1.29 is 13.2 Å². The second kappa shape index (κ2) is 6.13. The summed E-state index contributed by atoms with van der Waals surface area (Å²) in [5.74, 6) is -0.153. The summed E-state index contributed by atoms with van der Waals surface area (Å²) in [6.45, 7) is 2.98. The van der Waals surface area contributed by atoms with Crippen LogP contribution < -0.4 is 10.5 Å². The summed E-state index contributed by atoms with van der Waals surface area (Å²) in [6, 6.07) is 4.92. The van der Waals surface area contributed by atoms with Gasteiger partial charge in [0.1, 0.15) is 0 Å². The van der Waals surface area contributed by atoms with Gasteiger partial charge >= 0.3 is 0 Å². The number of sulfonamides is 1. The molecule has 0 saturated carbocycles. The van der Waals surface area contributed by atoms with Crippen LogP contribution in [0.2, 0.25) is 0 Å². The third-order valence-electron chi connectivity index (χ3n) is 3.86. The molecule has 1 aromatic rings. The van der Waals surface area contributed by atoms with E-state index < -0.39 is 10.0 Å². The van der Waals surface area contributed by atoms with Gasteiger partial charge in [0.05, 0.1) is 4.90 Å². The quantitative estimate of drug-likeness (QED) is 0.848. The maximum absolute atomic E-state index is 12.5. The lowest BCUT2D eigenvalue weighted by Crippen LogP contribution is -2.47. The van der Waals surface area contributed by atoms with Gasteiger partial charge in [-0.3, -0.25) is 4.79 Å². The van der Waals surface area contributed by atoms with Gasteiger partial charge < -0.3 is 10.2 Å². The zero-order valence-electron chi connectivity index (χ0n) is 12.3. The first-order chi connectivity index (χ1) is 9.82. The number of likely N-dealkylation sites (N-methyl/N-ethyl adjacent to an activating group) is 1. The summed E-state index contributed by atoms with van der Waals surface area (Å²) < 4.78 is 23.1. The van der Waals surface area contributed by atoms with Crippen molar-refractivity contribution in [3.8, 4) is 0 Å². The smallest absolute Gasteiger partial charge is 0.253 e. The Labute approximate surface area is 125 Å². The van der Waals surface area contributed by atoms with E-state index in [0.717, 1.165) is 12.8 Å². The van der Waals surface area contributed by atoms with Crippen LogP contribution in [-0.4, -0.2) is 45.4 Å². The Morgan fingerprint density at radius 3 is 2.76 bits per heavy atom. The largest absolute Gasteiger partial charge is 0.337 e. The van der Waals surface area contributed by atoms with E-state index in [1.54, 1.807) is 24.0 Å². The molecular formula is C14H21N3O3S. The summed E-state index contributed by atoms with van der Waals surface area (Å²) in [5, 5.41) is 8.36. The van der Waals surface area contributed by atoms with E-state index in [-0.39, 0.29) is 16.8 Å². The summed E-state index contributed by atoms with van der Waals surface area (Å²) in [7, 11) is -1.94. The van der Waals surface area contributed by atoms with E-state index in [9.17, 15) is 13.2 Å². The van der Waals surface area contributed by atoms with Crippen molar-refractivity contribution in [1.29, 1.82) is 0 Å². The van der Waals surface area contributed by atoms with Crippen LogP contribution in [0.25, 0.3) is 0 Å². The van der Waals surface area contributed by atoms with Gasteiger partial charge in [-0.2, -0.15) is 0 Å². The molecule has 1 aromatic carbocycles. The first kappa shape index (κ1) is 15.9. The Balaban J connectivity index is 2.28. The third kappa shape index (κ3) is 3.61. The summed E-state index contributed by atoms with van der Waals surface area (Å²) >= 11 is 0. The van der Waals surface area contributed by atoms with Crippen molar-refractivity contribution in [1.82, 2.24) is 10.2 Å². The molecule has 2 rings (SSSR count). The van der Waals surface area contributed by atoms with Crippen LogP contribution in [0.1, 0.15) is 28.8 Å². The molecule has 1 unspecified atom stereocenters. The number of piperidine rings is 1. The Hall–Kier alpha value is -1.44. The second-order valence-electron chi connectivity index (χ2n) is 5.40. The number of nitrogens with one attached hydrogen (secondary N) is 1. The van der Waals surface area contributed by atoms with Crippen molar-refractivity contribution >= 4 is 15.9 Å². The van der Waals surface area contributed by atoms with Gasteiger partial charge in [0.15, 0.2) is 0 Å². The average Bonchev–Trinajstić information content (AvgIpc) is 2.46. The Bertz CT molecular complexity index is 643. The fraction of sp³-hybridized carbons (Fsp3) is 0.500. The number of primary sulfonamides is 1. The number of hydrogen-bond donors (Lipinski definition) is 2. The van der Waals surface area contributed by atoms with E-state index in [2.05, 4.69) is 5.32 Å². The van der Waals surface area contributed by atoms with E-state index in [1.165, 1.54) is 6.07 Å². The first-order valence-corrected chi connectivity index (χ1v) is 8.47. The maximum atomic E-state index is 12.5. The standard InChI is InChI=1S/C14H21N3O3S/c1-10-5-6-11(8-13(10)21(15,19)20)14(18)17-7-3-4-12(9-17)16-2/h5-6,8,12,16H,3-4,7,9H2,1-2H3,(H2,15,19,20). The van der Waals surface area contributed by atoms with Gasteiger partial charge in [-0.05, 0) is 44.5 Å². The van der Waals surface area contributed by atoms with Gasteiger partial charge in [0.25, 0.3) is 5.91 Å². The van der Waals surface area contributed by atoms with Gasteiger partial charge in [-0.1, -0.05) is 6.07 Å². The lowest BCUT2D eigenvalue weighted by atomic mass is 10.0. The fourth-order valence-electron chi connectivity index (χ4n) is 2.62. The molecule has 0 aromatic heterocycles. The molecule has 3 N–H and O–H groups in total. The molecule has 0 radical (unpaired) electrons. The van der Waals surface area contributed by atoms with Crippen LogP contribution in [0.3, 0.4) is 0 Å². The minimum Gasteiger partial charge on any atom is -0.337 e. The zero-order valence-corrected chi connectivity index (χ0v) is 13.1. The van der Waals surface area contributed by atoms with Crippen LogP contribution >= 0.6 is 0 Å². The molecule has 1 heterocycles. The number of carbonyl (C=O) groups is 1. The molecule has 21 heavy (non-hydrogen) atoms. The van der Waals surface area contributed by atoms with E-state index >= 15 is 0 Å². The van der Waals surface area contributed by atoms with Gasteiger partial charge in [-0.25, -0.2) is 13.6 Å². The maximum Gasteiger partial charge on any atom is 0.253 e. The number of nitrogens with zero attached hydrogens (tertiary/aromatic N) is 1. The molecule has 1 fully saturated rings. The van der Waals surface area contributed by atoms with E-state index in [1.807, 2.05) is 7.05 Å². The van der Waals surface area contributed by atoms with Crippen LogP contribution in [0.5, 0.6) is 0 Å². The fourth-order valence-corrected chi connectivity index (χ4v) is 3.43. The molecule has 7 heteroatoms. The predicted octanol–water partition coefficient (Wildman–Crippen LogP) is 0.466. The molecule has 1 aliphatic heterocycles. The molecule has 1 amide bonds. The molecular weight excluding hydrogens is 290 g/mol. The molecule has 0 spiro atoms. The number of amides is 1. The number of nitrogens with two attached hydrogens (primary N) is 1.